The molecule has 37 heavy (non-hydrogen) atoms. The van der Waals surface area contributed by atoms with Crippen LogP contribution >= 0.6 is 0 Å². The van der Waals surface area contributed by atoms with E-state index in [2.05, 4.69) is 24.3 Å². The van der Waals surface area contributed by atoms with E-state index in [1.807, 2.05) is 42.2 Å². The Labute approximate surface area is 220 Å². The average molecular weight is 523 g/mol. The van der Waals surface area contributed by atoms with Gasteiger partial charge in [0.15, 0.2) is 0 Å². The first-order chi connectivity index (χ1) is 17.8. The second-order valence-corrected chi connectivity index (χ2v) is 12.1. The summed E-state index contributed by atoms with van der Waals surface area (Å²) < 4.78 is 43.0. The van der Waals surface area contributed by atoms with Crippen LogP contribution in [0.2, 0.25) is 0 Å². The lowest BCUT2D eigenvalue weighted by molar-refractivity contribution is -0.121. The van der Waals surface area contributed by atoms with E-state index >= 15 is 0 Å². The van der Waals surface area contributed by atoms with E-state index in [0.29, 0.717) is 18.7 Å². The Kier molecular flexibility index (Phi) is 8.77. The summed E-state index contributed by atoms with van der Waals surface area (Å²) in [5.41, 5.74) is 3.59. The fourth-order valence-corrected chi connectivity index (χ4v) is 6.54. The number of halogens is 1. The summed E-state index contributed by atoms with van der Waals surface area (Å²) in [6.07, 6.45) is 4.24. The van der Waals surface area contributed by atoms with Crippen molar-refractivity contribution in [1.82, 2.24) is 9.21 Å². The molecule has 3 aromatic rings. The number of carbonyl (C=O) groups excluding carboxylic acids is 1. The molecule has 0 unspecified atom stereocenters. The molecule has 1 aliphatic rings. The standard InChI is InChI=1S/C30H35FN2O3S/c1-23-8-11-26(12-9-23)19-32(22-34)28-15-13-27(14-16-28)21-33(20-25-6-4-3-5-7-25)37(35,36)29-17-10-24(2)30(31)18-29/h3-12,17-18,22,27-28H,13-16,19-21H2,1-2H3. The van der Waals surface area contributed by atoms with Gasteiger partial charge in [-0.2, -0.15) is 4.31 Å². The summed E-state index contributed by atoms with van der Waals surface area (Å²) in [6.45, 7) is 4.82. The smallest absolute Gasteiger partial charge is 0.243 e. The van der Waals surface area contributed by atoms with E-state index in [0.717, 1.165) is 49.3 Å². The van der Waals surface area contributed by atoms with Crippen LogP contribution in [-0.2, 0) is 27.9 Å². The van der Waals surface area contributed by atoms with E-state index in [1.54, 1.807) is 6.92 Å². The summed E-state index contributed by atoms with van der Waals surface area (Å²) in [6, 6.07) is 21.9. The normalized spacial score (nSPS) is 18.1. The molecular weight excluding hydrogens is 487 g/mol. The molecule has 1 saturated carbocycles. The van der Waals surface area contributed by atoms with E-state index in [-0.39, 0.29) is 23.4 Å². The lowest BCUT2D eigenvalue weighted by Gasteiger charge is -2.36. The second-order valence-electron chi connectivity index (χ2n) is 10.1. The number of benzene rings is 3. The van der Waals surface area contributed by atoms with Gasteiger partial charge >= 0.3 is 0 Å². The summed E-state index contributed by atoms with van der Waals surface area (Å²) in [4.78, 5) is 13.7. The molecule has 1 aliphatic carbocycles. The average Bonchev–Trinajstić information content (AvgIpc) is 2.90. The number of hydrogen-bond donors (Lipinski definition) is 0. The van der Waals surface area contributed by atoms with Crippen molar-refractivity contribution in [2.75, 3.05) is 6.54 Å². The maximum absolute atomic E-state index is 14.3. The van der Waals surface area contributed by atoms with Crippen LogP contribution in [0.25, 0.3) is 0 Å². The molecule has 5 nitrogen and oxygen atoms in total. The van der Waals surface area contributed by atoms with E-state index in [1.165, 1.54) is 22.0 Å². The number of hydrogen-bond acceptors (Lipinski definition) is 3. The maximum atomic E-state index is 14.3. The quantitative estimate of drug-likeness (QED) is 0.314. The monoisotopic (exact) mass is 522 g/mol. The van der Waals surface area contributed by atoms with Crippen molar-refractivity contribution < 1.29 is 17.6 Å². The maximum Gasteiger partial charge on any atom is 0.243 e. The Balaban J connectivity index is 1.46. The predicted octanol–water partition coefficient (Wildman–Crippen LogP) is 5.85. The van der Waals surface area contributed by atoms with Crippen molar-refractivity contribution in [1.29, 1.82) is 0 Å². The van der Waals surface area contributed by atoms with Crippen LogP contribution in [0.3, 0.4) is 0 Å². The van der Waals surface area contributed by atoms with Crippen LogP contribution in [0.5, 0.6) is 0 Å². The SMILES string of the molecule is Cc1ccc(CN(C=O)C2CCC(CN(Cc3ccccc3)S(=O)(=O)c3ccc(C)c(F)c3)CC2)cc1. The van der Waals surface area contributed by atoms with Crippen molar-refractivity contribution in [3.8, 4) is 0 Å². The zero-order chi connectivity index (χ0) is 26.4. The van der Waals surface area contributed by atoms with Gasteiger partial charge in [0.2, 0.25) is 16.4 Å². The molecule has 196 valence electrons. The summed E-state index contributed by atoms with van der Waals surface area (Å²) in [7, 11) is -3.89. The van der Waals surface area contributed by atoms with Gasteiger partial charge < -0.3 is 4.90 Å². The van der Waals surface area contributed by atoms with Gasteiger partial charge in [-0.05, 0) is 74.3 Å². The third kappa shape index (κ3) is 6.84. The Morgan fingerprint density at radius 2 is 1.51 bits per heavy atom. The van der Waals surface area contributed by atoms with Gasteiger partial charge in [0.1, 0.15) is 5.82 Å². The lowest BCUT2D eigenvalue weighted by atomic mass is 9.85. The van der Waals surface area contributed by atoms with Crippen LogP contribution < -0.4 is 0 Å². The van der Waals surface area contributed by atoms with Crippen LogP contribution in [0.4, 0.5) is 4.39 Å². The molecule has 0 aromatic heterocycles. The van der Waals surface area contributed by atoms with Crippen molar-refractivity contribution in [3.63, 3.8) is 0 Å². The number of nitrogens with zero attached hydrogens (tertiary/aromatic N) is 2. The molecule has 0 aliphatic heterocycles. The number of amides is 1. The molecule has 0 spiro atoms. The van der Waals surface area contributed by atoms with Gasteiger partial charge in [-0.3, -0.25) is 4.79 Å². The second kappa shape index (κ2) is 12.0. The Hall–Kier alpha value is -3.03. The van der Waals surface area contributed by atoms with Crippen molar-refractivity contribution in [2.45, 2.75) is 63.6 Å². The number of rotatable bonds is 10. The minimum absolute atomic E-state index is 0.0227. The number of aryl methyl sites for hydroxylation is 2. The number of sulfonamides is 1. The highest BCUT2D eigenvalue weighted by Crippen LogP contribution is 2.31. The highest BCUT2D eigenvalue weighted by atomic mass is 32.2. The molecule has 7 heteroatoms. The highest BCUT2D eigenvalue weighted by Gasteiger charge is 2.31. The van der Waals surface area contributed by atoms with Crippen LogP contribution in [0.1, 0.15) is 47.9 Å². The van der Waals surface area contributed by atoms with Gasteiger partial charge in [-0.25, -0.2) is 12.8 Å². The Morgan fingerprint density at radius 1 is 0.865 bits per heavy atom. The van der Waals surface area contributed by atoms with E-state index in [9.17, 15) is 17.6 Å². The fourth-order valence-electron chi connectivity index (χ4n) is 5.02. The first-order valence-electron chi connectivity index (χ1n) is 12.8. The van der Waals surface area contributed by atoms with Crippen LogP contribution in [0.15, 0.2) is 77.7 Å². The van der Waals surface area contributed by atoms with Gasteiger partial charge in [-0.1, -0.05) is 66.2 Å². The van der Waals surface area contributed by atoms with Crippen LogP contribution in [-0.4, -0.2) is 36.6 Å². The molecule has 0 bridgehead atoms. The fraction of sp³-hybridized carbons (Fsp3) is 0.367. The first-order valence-corrected chi connectivity index (χ1v) is 14.3. The molecule has 4 rings (SSSR count). The van der Waals surface area contributed by atoms with Gasteiger partial charge in [0, 0.05) is 25.7 Å². The summed E-state index contributed by atoms with van der Waals surface area (Å²) in [5, 5.41) is 0. The largest absolute Gasteiger partial charge is 0.338 e. The number of carbonyl (C=O) groups is 1. The summed E-state index contributed by atoms with van der Waals surface area (Å²) in [5.74, 6) is -0.360. The van der Waals surface area contributed by atoms with E-state index < -0.39 is 15.8 Å². The molecule has 0 radical (unpaired) electrons. The van der Waals surface area contributed by atoms with Crippen molar-refractivity contribution in [3.05, 3.63) is 101 Å². The van der Waals surface area contributed by atoms with Crippen LogP contribution in [0, 0.1) is 25.6 Å². The zero-order valence-corrected chi connectivity index (χ0v) is 22.3. The topological polar surface area (TPSA) is 57.7 Å². The van der Waals surface area contributed by atoms with Gasteiger partial charge in [-0.15, -0.1) is 0 Å². The Bertz CT molecular complexity index is 1290. The van der Waals surface area contributed by atoms with E-state index in [4.69, 9.17) is 0 Å². The van der Waals surface area contributed by atoms with Crippen molar-refractivity contribution >= 4 is 16.4 Å². The van der Waals surface area contributed by atoms with Gasteiger partial charge in [0.25, 0.3) is 0 Å². The predicted molar refractivity (Wildman–Crippen MR) is 144 cm³/mol. The molecule has 1 fully saturated rings. The zero-order valence-electron chi connectivity index (χ0n) is 21.5. The molecular formula is C30H35FN2O3S. The minimum Gasteiger partial charge on any atom is -0.338 e. The molecule has 0 heterocycles. The first kappa shape index (κ1) is 27.0. The Morgan fingerprint density at radius 3 is 2.14 bits per heavy atom. The lowest BCUT2D eigenvalue weighted by Crippen LogP contribution is -2.40. The molecule has 1 amide bonds. The third-order valence-electron chi connectivity index (χ3n) is 7.35. The summed E-state index contributed by atoms with van der Waals surface area (Å²) >= 11 is 0. The van der Waals surface area contributed by atoms with Crippen molar-refractivity contribution in [2.24, 2.45) is 5.92 Å². The molecule has 0 atom stereocenters. The molecule has 0 N–H and O–H groups in total. The minimum atomic E-state index is -3.89. The molecule has 3 aromatic carbocycles. The van der Waals surface area contributed by atoms with Gasteiger partial charge in [0.05, 0.1) is 4.90 Å². The molecule has 0 saturated heterocycles. The highest BCUT2D eigenvalue weighted by molar-refractivity contribution is 7.89. The third-order valence-corrected chi connectivity index (χ3v) is 9.16.